The number of hydrogen-bond acceptors (Lipinski definition) is 2. The van der Waals surface area contributed by atoms with Gasteiger partial charge in [0.05, 0.1) is 0 Å². The number of hydrogen-bond donors (Lipinski definition) is 2. The van der Waals surface area contributed by atoms with Crippen molar-refractivity contribution in [1.82, 2.24) is 5.32 Å². The monoisotopic (exact) mass is 255 g/mol. The molecule has 0 spiro atoms. The van der Waals surface area contributed by atoms with E-state index >= 15 is 0 Å². The van der Waals surface area contributed by atoms with Crippen LogP contribution in [0.25, 0.3) is 0 Å². The van der Waals surface area contributed by atoms with Crippen LogP contribution in [0.15, 0.2) is 0 Å². The van der Waals surface area contributed by atoms with Crippen LogP contribution in [0.1, 0.15) is 72.1 Å². The van der Waals surface area contributed by atoms with Crippen LogP contribution in [0, 0.1) is 5.92 Å². The van der Waals surface area contributed by atoms with E-state index in [1.807, 2.05) is 6.92 Å². The molecule has 2 N–H and O–H groups in total. The standard InChI is InChI=1S/C15H29NO2/c1-12(2)10-11-15(3,14(17)18)16-13-8-6-4-5-7-9-13/h12-13,16H,4-11H2,1-3H3,(H,17,18). The Morgan fingerprint density at radius 2 is 1.83 bits per heavy atom. The molecule has 0 aromatic carbocycles. The van der Waals surface area contributed by atoms with Crippen molar-refractivity contribution in [2.45, 2.75) is 83.7 Å². The Labute approximate surface area is 111 Å². The zero-order chi connectivity index (χ0) is 13.6. The van der Waals surface area contributed by atoms with E-state index in [9.17, 15) is 9.90 Å². The SMILES string of the molecule is CC(C)CCC(C)(NC1CCCCCC1)C(=O)O. The van der Waals surface area contributed by atoms with E-state index in [1.54, 1.807) is 0 Å². The summed E-state index contributed by atoms with van der Waals surface area (Å²) in [5.74, 6) is -0.146. The molecule has 0 radical (unpaired) electrons. The lowest BCUT2D eigenvalue weighted by Gasteiger charge is -2.32. The lowest BCUT2D eigenvalue weighted by atomic mass is 9.90. The van der Waals surface area contributed by atoms with Crippen molar-refractivity contribution >= 4 is 5.97 Å². The van der Waals surface area contributed by atoms with Gasteiger partial charge in [0.25, 0.3) is 0 Å². The van der Waals surface area contributed by atoms with Gasteiger partial charge in [0.2, 0.25) is 0 Å². The van der Waals surface area contributed by atoms with Crippen LogP contribution in [0.5, 0.6) is 0 Å². The van der Waals surface area contributed by atoms with E-state index in [1.165, 1.54) is 25.7 Å². The maximum Gasteiger partial charge on any atom is 0.323 e. The lowest BCUT2D eigenvalue weighted by molar-refractivity contribution is -0.145. The Balaban J connectivity index is 2.56. The molecule has 0 saturated heterocycles. The van der Waals surface area contributed by atoms with E-state index in [4.69, 9.17) is 0 Å². The van der Waals surface area contributed by atoms with Crippen LogP contribution in [0.2, 0.25) is 0 Å². The molecule has 18 heavy (non-hydrogen) atoms. The average Bonchev–Trinajstić information content (AvgIpc) is 2.55. The van der Waals surface area contributed by atoms with Crippen molar-refractivity contribution in [1.29, 1.82) is 0 Å². The van der Waals surface area contributed by atoms with Crippen molar-refractivity contribution in [3.05, 3.63) is 0 Å². The zero-order valence-corrected chi connectivity index (χ0v) is 12.2. The summed E-state index contributed by atoms with van der Waals surface area (Å²) in [7, 11) is 0. The molecule has 0 amide bonds. The first-order valence-electron chi connectivity index (χ1n) is 7.45. The highest BCUT2D eigenvalue weighted by Gasteiger charge is 2.34. The molecule has 3 heteroatoms. The normalized spacial score (nSPS) is 21.6. The van der Waals surface area contributed by atoms with Crippen molar-refractivity contribution in [3.63, 3.8) is 0 Å². The number of carboxylic acids is 1. The summed E-state index contributed by atoms with van der Waals surface area (Å²) in [6, 6.07) is 0.390. The first kappa shape index (κ1) is 15.5. The quantitative estimate of drug-likeness (QED) is 0.713. The number of rotatable bonds is 6. The maximum atomic E-state index is 11.5. The molecule has 0 aromatic heterocycles. The van der Waals surface area contributed by atoms with Gasteiger partial charge in [-0.25, -0.2) is 0 Å². The van der Waals surface area contributed by atoms with Crippen LogP contribution in [-0.4, -0.2) is 22.7 Å². The van der Waals surface area contributed by atoms with Crippen LogP contribution in [-0.2, 0) is 4.79 Å². The smallest absolute Gasteiger partial charge is 0.323 e. The van der Waals surface area contributed by atoms with Gasteiger partial charge in [-0.15, -0.1) is 0 Å². The molecular formula is C15H29NO2. The summed E-state index contributed by atoms with van der Waals surface area (Å²) >= 11 is 0. The molecule has 1 atom stereocenters. The van der Waals surface area contributed by atoms with Crippen molar-refractivity contribution in [2.24, 2.45) is 5.92 Å². The number of carboxylic acid groups (broad SMARTS) is 1. The summed E-state index contributed by atoms with van der Waals surface area (Å²) < 4.78 is 0. The molecule has 0 aromatic rings. The van der Waals surface area contributed by atoms with Crippen LogP contribution in [0.3, 0.4) is 0 Å². The van der Waals surface area contributed by atoms with Gasteiger partial charge in [-0.2, -0.15) is 0 Å². The van der Waals surface area contributed by atoms with E-state index in [0.717, 1.165) is 25.7 Å². The van der Waals surface area contributed by atoms with Gasteiger partial charge in [0.1, 0.15) is 5.54 Å². The number of aliphatic carboxylic acids is 1. The first-order valence-corrected chi connectivity index (χ1v) is 7.45. The minimum Gasteiger partial charge on any atom is -0.480 e. The topological polar surface area (TPSA) is 49.3 Å². The molecule has 106 valence electrons. The summed E-state index contributed by atoms with van der Waals surface area (Å²) in [6.07, 6.45) is 9.01. The fourth-order valence-corrected chi connectivity index (χ4v) is 2.69. The van der Waals surface area contributed by atoms with Crippen molar-refractivity contribution in [3.8, 4) is 0 Å². The molecule has 1 aliphatic carbocycles. The number of nitrogens with one attached hydrogen (secondary N) is 1. The summed E-state index contributed by atoms with van der Waals surface area (Å²) in [4.78, 5) is 11.5. The van der Waals surface area contributed by atoms with Crippen LogP contribution in [0.4, 0.5) is 0 Å². The molecule has 1 fully saturated rings. The Morgan fingerprint density at radius 1 is 1.28 bits per heavy atom. The maximum absolute atomic E-state index is 11.5. The minimum atomic E-state index is -0.751. The highest BCUT2D eigenvalue weighted by Crippen LogP contribution is 2.23. The van der Waals surface area contributed by atoms with Crippen molar-refractivity contribution in [2.75, 3.05) is 0 Å². The Kier molecular flexibility index (Phi) is 6.13. The molecule has 1 saturated carbocycles. The Morgan fingerprint density at radius 3 is 2.28 bits per heavy atom. The fourth-order valence-electron chi connectivity index (χ4n) is 2.69. The highest BCUT2D eigenvalue weighted by atomic mass is 16.4. The second kappa shape index (κ2) is 7.13. The second-order valence-corrected chi connectivity index (χ2v) is 6.40. The first-order chi connectivity index (χ1) is 8.44. The Hall–Kier alpha value is -0.570. The second-order valence-electron chi connectivity index (χ2n) is 6.40. The van der Waals surface area contributed by atoms with Gasteiger partial charge < -0.3 is 5.11 Å². The van der Waals surface area contributed by atoms with Gasteiger partial charge in [-0.05, 0) is 38.5 Å². The molecule has 1 unspecified atom stereocenters. The van der Waals surface area contributed by atoms with Gasteiger partial charge in [0.15, 0.2) is 0 Å². The van der Waals surface area contributed by atoms with Crippen LogP contribution >= 0.6 is 0 Å². The predicted octanol–water partition coefficient (Wildman–Crippen LogP) is 3.58. The summed E-state index contributed by atoms with van der Waals surface area (Å²) in [5, 5.41) is 12.9. The zero-order valence-electron chi connectivity index (χ0n) is 12.2. The van der Waals surface area contributed by atoms with Crippen molar-refractivity contribution < 1.29 is 9.90 Å². The lowest BCUT2D eigenvalue weighted by Crippen LogP contribution is -2.53. The van der Waals surface area contributed by atoms with E-state index in [2.05, 4.69) is 19.2 Å². The van der Waals surface area contributed by atoms with Gasteiger partial charge in [-0.3, -0.25) is 10.1 Å². The van der Waals surface area contributed by atoms with E-state index in [-0.39, 0.29) is 0 Å². The molecule has 1 rings (SSSR count). The third kappa shape index (κ3) is 4.97. The highest BCUT2D eigenvalue weighted by molar-refractivity contribution is 5.78. The third-order valence-corrected chi connectivity index (χ3v) is 4.07. The summed E-state index contributed by atoms with van der Waals surface area (Å²) in [6.45, 7) is 6.14. The van der Waals surface area contributed by atoms with Crippen LogP contribution < -0.4 is 5.32 Å². The average molecular weight is 255 g/mol. The van der Waals surface area contributed by atoms with E-state index in [0.29, 0.717) is 12.0 Å². The molecular weight excluding hydrogens is 226 g/mol. The summed E-state index contributed by atoms with van der Waals surface area (Å²) in [5.41, 5.74) is -0.751. The molecule has 0 heterocycles. The molecule has 0 aliphatic heterocycles. The van der Waals surface area contributed by atoms with Gasteiger partial charge >= 0.3 is 5.97 Å². The van der Waals surface area contributed by atoms with Gasteiger partial charge in [-0.1, -0.05) is 39.5 Å². The largest absolute Gasteiger partial charge is 0.480 e. The van der Waals surface area contributed by atoms with E-state index < -0.39 is 11.5 Å². The fraction of sp³-hybridized carbons (Fsp3) is 0.933. The predicted molar refractivity (Wildman–Crippen MR) is 74.7 cm³/mol. The molecule has 1 aliphatic rings. The minimum absolute atomic E-state index is 0.390. The molecule has 3 nitrogen and oxygen atoms in total. The number of carbonyl (C=O) groups is 1. The van der Waals surface area contributed by atoms with Gasteiger partial charge in [0, 0.05) is 6.04 Å². The Bertz CT molecular complexity index is 257. The molecule has 0 bridgehead atoms. The third-order valence-electron chi connectivity index (χ3n) is 4.07.